The molecule has 1 aromatic carbocycles. The van der Waals surface area contributed by atoms with Crippen LogP contribution < -0.4 is 4.90 Å². The molecular formula is C22H29FN4O. The number of hydrogen-bond donors (Lipinski definition) is 0. The monoisotopic (exact) mass is 384 g/mol. The zero-order valence-corrected chi connectivity index (χ0v) is 16.9. The largest absolute Gasteiger partial charge is 0.363 e. The number of halogens is 1. The second-order valence-electron chi connectivity index (χ2n) is 8.77. The number of piperidine rings is 1. The number of hydrogen-bond acceptors (Lipinski definition) is 3. The first-order chi connectivity index (χ1) is 13.3. The molecule has 0 spiro atoms. The zero-order chi connectivity index (χ0) is 19.9. The average Bonchev–Trinajstić information content (AvgIpc) is 3.17. The third-order valence-electron chi connectivity index (χ3n) is 6.40. The van der Waals surface area contributed by atoms with Crippen molar-refractivity contribution in [1.29, 1.82) is 0 Å². The number of aryl methyl sites for hydroxylation is 2. The molecule has 0 radical (unpaired) electrons. The Morgan fingerprint density at radius 2 is 2.14 bits per heavy atom. The van der Waals surface area contributed by atoms with Gasteiger partial charge in [0.1, 0.15) is 5.82 Å². The van der Waals surface area contributed by atoms with Crippen molar-refractivity contribution in [3.8, 4) is 0 Å². The van der Waals surface area contributed by atoms with E-state index in [0.29, 0.717) is 18.4 Å². The van der Waals surface area contributed by atoms with Gasteiger partial charge in [0.15, 0.2) is 0 Å². The molecule has 0 bridgehead atoms. The summed E-state index contributed by atoms with van der Waals surface area (Å²) in [6.07, 6.45) is 4.96. The van der Waals surface area contributed by atoms with Crippen LogP contribution in [0.5, 0.6) is 0 Å². The van der Waals surface area contributed by atoms with E-state index in [1.54, 1.807) is 18.3 Å². The molecule has 28 heavy (non-hydrogen) atoms. The van der Waals surface area contributed by atoms with Crippen molar-refractivity contribution < 1.29 is 9.18 Å². The van der Waals surface area contributed by atoms with E-state index in [1.165, 1.54) is 6.07 Å². The smallest absolute Gasteiger partial charge is 0.222 e. The van der Waals surface area contributed by atoms with Gasteiger partial charge in [0.25, 0.3) is 0 Å². The maximum atomic E-state index is 13.8. The number of likely N-dealkylation sites (tertiary alicyclic amines) is 1. The van der Waals surface area contributed by atoms with Crippen LogP contribution in [-0.2, 0) is 18.3 Å². The highest BCUT2D eigenvalue weighted by molar-refractivity contribution is 5.76. The lowest BCUT2D eigenvalue weighted by molar-refractivity contribution is -0.133. The maximum Gasteiger partial charge on any atom is 0.222 e. The van der Waals surface area contributed by atoms with Gasteiger partial charge in [-0.1, -0.05) is 6.07 Å². The summed E-state index contributed by atoms with van der Waals surface area (Å²) in [5.41, 5.74) is 1.99. The van der Waals surface area contributed by atoms with Crippen molar-refractivity contribution >= 4 is 11.6 Å². The SMILES string of the molecule is Cn1nccc1CCC(=O)N1CC[C@H]2[C@@H](C1)CC(C)(C)N2c1cccc(F)c1. The number of aromatic nitrogens is 2. The molecule has 2 saturated heterocycles. The second-order valence-corrected chi connectivity index (χ2v) is 8.77. The number of anilines is 1. The molecule has 1 aromatic heterocycles. The van der Waals surface area contributed by atoms with E-state index in [-0.39, 0.29) is 17.3 Å². The Kier molecular flexibility index (Phi) is 4.89. The highest BCUT2D eigenvalue weighted by atomic mass is 19.1. The Bertz CT molecular complexity index is 862. The predicted octanol–water partition coefficient (Wildman–Crippen LogP) is 3.40. The van der Waals surface area contributed by atoms with Crippen LogP contribution in [0.15, 0.2) is 36.5 Å². The Labute approximate surface area is 166 Å². The summed E-state index contributed by atoms with van der Waals surface area (Å²) in [6.45, 7) is 6.02. The van der Waals surface area contributed by atoms with Crippen LogP contribution in [-0.4, -0.2) is 45.3 Å². The molecule has 5 nitrogen and oxygen atoms in total. The van der Waals surface area contributed by atoms with Gasteiger partial charge in [-0.15, -0.1) is 0 Å². The summed E-state index contributed by atoms with van der Waals surface area (Å²) in [4.78, 5) is 17.2. The van der Waals surface area contributed by atoms with E-state index in [1.807, 2.05) is 28.8 Å². The van der Waals surface area contributed by atoms with Crippen molar-refractivity contribution in [3.05, 3.63) is 48.0 Å². The van der Waals surface area contributed by atoms with Crippen molar-refractivity contribution in [3.63, 3.8) is 0 Å². The Hall–Kier alpha value is -2.37. The van der Waals surface area contributed by atoms with E-state index in [2.05, 4.69) is 23.8 Å². The molecule has 6 heteroatoms. The molecule has 4 rings (SSSR count). The third-order valence-corrected chi connectivity index (χ3v) is 6.40. The first-order valence-electron chi connectivity index (χ1n) is 10.1. The van der Waals surface area contributed by atoms with Gasteiger partial charge in [-0.2, -0.15) is 5.10 Å². The summed E-state index contributed by atoms with van der Waals surface area (Å²) in [5, 5.41) is 4.17. The van der Waals surface area contributed by atoms with E-state index in [4.69, 9.17) is 0 Å². The molecule has 2 fully saturated rings. The molecule has 0 unspecified atom stereocenters. The normalized spacial score (nSPS) is 23.7. The minimum absolute atomic E-state index is 0.0447. The van der Waals surface area contributed by atoms with Gasteiger partial charge in [0, 0.05) is 55.7 Å². The summed E-state index contributed by atoms with van der Waals surface area (Å²) < 4.78 is 15.6. The fraction of sp³-hybridized carbons (Fsp3) is 0.545. The summed E-state index contributed by atoms with van der Waals surface area (Å²) in [5.74, 6) is 0.453. The van der Waals surface area contributed by atoms with Gasteiger partial charge in [-0.3, -0.25) is 9.48 Å². The Morgan fingerprint density at radius 3 is 2.86 bits per heavy atom. The molecular weight excluding hydrogens is 355 g/mol. The van der Waals surface area contributed by atoms with Crippen molar-refractivity contribution in [1.82, 2.24) is 14.7 Å². The van der Waals surface area contributed by atoms with Crippen LogP contribution in [0, 0.1) is 11.7 Å². The molecule has 2 atom stereocenters. The van der Waals surface area contributed by atoms with E-state index >= 15 is 0 Å². The lowest BCUT2D eigenvalue weighted by Gasteiger charge is -2.42. The summed E-state index contributed by atoms with van der Waals surface area (Å²) in [7, 11) is 1.91. The second kappa shape index (κ2) is 7.22. The predicted molar refractivity (Wildman–Crippen MR) is 108 cm³/mol. The lowest BCUT2D eigenvalue weighted by atomic mass is 9.89. The topological polar surface area (TPSA) is 41.4 Å². The van der Waals surface area contributed by atoms with Crippen molar-refractivity contribution in [2.75, 3.05) is 18.0 Å². The summed E-state index contributed by atoms with van der Waals surface area (Å²) >= 11 is 0. The van der Waals surface area contributed by atoms with Gasteiger partial charge in [0.2, 0.25) is 5.91 Å². The number of carbonyl (C=O) groups excluding carboxylic acids is 1. The van der Waals surface area contributed by atoms with Gasteiger partial charge in [-0.25, -0.2) is 4.39 Å². The third kappa shape index (κ3) is 3.52. The van der Waals surface area contributed by atoms with Crippen LogP contribution in [0.3, 0.4) is 0 Å². The standard InChI is InChI=1S/C22H29FN4O/c1-22(2)14-16-15-26(21(28)8-7-18-9-11-24-25(18)3)12-10-20(16)27(22)19-6-4-5-17(23)13-19/h4-6,9,11,13,16,20H,7-8,10,12,14-15H2,1-3H3/t16-,20+/m1/s1. The van der Waals surface area contributed by atoms with Gasteiger partial charge in [-0.05, 0) is 63.3 Å². The van der Waals surface area contributed by atoms with Crippen LogP contribution in [0.4, 0.5) is 10.1 Å². The van der Waals surface area contributed by atoms with Crippen LogP contribution in [0.1, 0.15) is 38.8 Å². The van der Waals surface area contributed by atoms with Crippen molar-refractivity contribution in [2.45, 2.75) is 51.1 Å². The van der Waals surface area contributed by atoms with E-state index in [0.717, 1.165) is 43.7 Å². The van der Waals surface area contributed by atoms with E-state index in [9.17, 15) is 9.18 Å². The summed E-state index contributed by atoms with van der Waals surface area (Å²) in [6, 6.07) is 9.24. The molecule has 3 heterocycles. The van der Waals surface area contributed by atoms with Gasteiger partial charge >= 0.3 is 0 Å². The minimum Gasteiger partial charge on any atom is -0.363 e. The highest BCUT2D eigenvalue weighted by Crippen LogP contribution is 2.44. The zero-order valence-electron chi connectivity index (χ0n) is 16.9. The Morgan fingerprint density at radius 1 is 1.32 bits per heavy atom. The molecule has 0 N–H and O–H groups in total. The number of amides is 1. The first kappa shape index (κ1) is 19.0. The van der Waals surface area contributed by atoms with Gasteiger partial charge in [0.05, 0.1) is 0 Å². The number of benzene rings is 1. The molecule has 150 valence electrons. The molecule has 2 aromatic rings. The van der Waals surface area contributed by atoms with Crippen molar-refractivity contribution in [2.24, 2.45) is 13.0 Å². The Balaban J connectivity index is 1.43. The van der Waals surface area contributed by atoms with Crippen LogP contribution in [0.25, 0.3) is 0 Å². The number of fused-ring (bicyclic) bond motifs is 1. The van der Waals surface area contributed by atoms with Crippen LogP contribution >= 0.6 is 0 Å². The number of nitrogens with zero attached hydrogens (tertiary/aromatic N) is 4. The first-order valence-corrected chi connectivity index (χ1v) is 10.1. The fourth-order valence-electron chi connectivity index (χ4n) is 5.18. The molecule has 1 amide bonds. The highest BCUT2D eigenvalue weighted by Gasteiger charge is 2.48. The maximum absolute atomic E-state index is 13.8. The van der Waals surface area contributed by atoms with Gasteiger partial charge < -0.3 is 9.80 Å². The number of rotatable bonds is 4. The number of carbonyl (C=O) groups is 1. The molecule has 2 aliphatic rings. The molecule has 0 saturated carbocycles. The molecule has 2 aliphatic heterocycles. The molecule has 0 aliphatic carbocycles. The minimum atomic E-state index is -0.195. The van der Waals surface area contributed by atoms with E-state index < -0.39 is 0 Å². The van der Waals surface area contributed by atoms with Crippen LogP contribution in [0.2, 0.25) is 0 Å². The lowest BCUT2D eigenvalue weighted by Crippen LogP contribution is -2.50. The quantitative estimate of drug-likeness (QED) is 0.811. The fourth-order valence-corrected chi connectivity index (χ4v) is 5.18. The average molecular weight is 384 g/mol.